The molecule has 32 heavy (non-hydrogen) atoms. The Morgan fingerprint density at radius 3 is 2.19 bits per heavy atom. The molecule has 1 aliphatic heterocycles. The van der Waals surface area contributed by atoms with E-state index < -0.39 is 6.19 Å². The standard InChI is InChI=1S/C27H35N2OPS/c1-3-29(4-2)31(32,25-15-9-6-10-16-25)26-17-11-14-24(22-23-12-7-5-8-13-23)27(26)28-18-20-30-21-19-28/h5-10,12-13,15-16,22H,3-4,11,14,17-21H2,1-2H3/b24-22+. The maximum absolute atomic E-state index is 6.77. The summed E-state index contributed by atoms with van der Waals surface area (Å²) >= 11 is 6.77. The number of nitrogens with zero attached hydrogens (tertiary/aromatic N) is 2. The lowest BCUT2D eigenvalue weighted by Gasteiger charge is -2.43. The number of hydrogen-bond acceptors (Lipinski definition) is 3. The van der Waals surface area contributed by atoms with E-state index in [0.717, 1.165) is 58.7 Å². The summed E-state index contributed by atoms with van der Waals surface area (Å²) in [6.45, 7) is 9.91. The number of ether oxygens (including phenoxy) is 1. The second kappa shape index (κ2) is 10.9. The first kappa shape index (κ1) is 23.4. The summed E-state index contributed by atoms with van der Waals surface area (Å²) in [7, 11) is 0. The van der Waals surface area contributed by atoms with E-state index in [2.05, 4.69) is 90.2 Å². The van der Waals surface area contributed by atoms with Gasteiger partial charge in [0, 0.05) is 42.5 Å². The van der Waals surface area contributed by atoms with Crippen molar-refractivity contribution in [3.63, 3.8) is 0 Å². The number of hydrogen-bond donors (Lipinski definition) is 0. The minimum absolute atomic E-state index is 0.787. The quantitative estimate of drug-likeness (QED) is 0.475. The minimum atomic E-state index is -2.10. The van der Waals surface area contributed by atoms with Gasteiger partial charge in [0.15, 0.2) is 0 Å². The van der Waals surface area contributed by atoms with E-state index in [1.54, 1.807) is 0 Å². The summed E-state index contributed by atoms with van der Waals surface area (Å²) in [6, 6.07) is 21.7. The summed E-state index contributed by atoms with van der Waals surface area (Å²) in [5.74, 6) is 0. The molecule has 5 heteroatoms. The topological polar surface area (TPSA) is 15.7 Å². The zero-order valence-electron chi connectivity index (χ0n) is 19.4. The number of morpholine rings is 1. The molecular weight excluding hydrogens is 431 g/mol. The average Bonchev–Trinajstić information content (AvgIpc) is 2.86. The van der Waals surface area contributed by atoms with Crippen LogP contribution in [-0.4, -0.2) is 49.0 Å². The summed E-state index contributed by atoms with van der Waals surface area (Å²) < 4.78 is 8.30. The van der Waals surface area contributed by atoms with Crippen LogP contribution >= 0.6 is 6.19 Å². The van der Waals surface area contributed by atoms with Crippen molar-refractivity contribution < 1.29 is 4.74 Å². The van der Waals surface area contributed by atoms with Crippen LogP contribution in [0, 0.1) is 0 Å². The molecule has 0 saturated carbocycles. The van der Waals surface area contributed by atoms with Gasteiger partial charge in [0.1, 0.15) is 0 Å². The average molecular weight is 467 g/mol. The summed E-state index contributed by atoms with van der Waals surface area (Å²) in [5, 5.41) is 2.82. The van der Waals surface area contributed by atoms with Crippen molar-refractivity contribution in [2.45, 2.75) is 33.1 Å². The molecular formula is C27H35N2OPS. The minimum Gasteiger partial charge on any atom is -0.378 e. The van der Waals surface area contributed by atoms with Gasteiger partial charge in [-0.2, -0.15) is 0 Å². The fraction of sp³-hybridized carbons (Fsp3) is 0.407. The van der Waals surface area contributed by atoms with Gasteiger partial charge in [-0.3, -0.25) is 4.67 Å². The van der Waals surface area contributed by atoms with E-state index in [9.17, 15) is 0 Å². The molecule has 4 rings (SSSR count). The van der Waals surface area contributed by atoms with Crippen LogP contribution in [0.25, 0.3) is 6.08 Å². The Kier molecular flexibility index (Phi) is 8.02. The molecule has 0 aromatic heterocycles. The molecule has 1 unspecified atom stereocenters. The van der Waals surface area contributed by atoms with Crippen molar-refractivity contribution in [2.24, 2.45) is 0 Å². The molecule has 170 valence electrons. The summed E-state index contributed by atoms with van der Waals surface area (Å²) in [6.07, 6.45) is 3.65. The van der Waals surface area contributed by atoms with Gasteiger partial charge in [-0.1, -0.05) is 86.3 Å². The lowest BCUT2D eigenvalue weighted by Crippen LogP contribution is -2.38. The summed E-state index contributed by atoms with van der Waals surface area (Å²) in [4.78, 5) is 2.57. The fourth-order valence-corrected chi connectivity index (χ4v) is 9.95. The molecule has 0 N–H and O–H groups in total. The Labute approximate surface area is 198 Å². The van der Waals surface area contributed by atoms with E-state index in [1.165, 1.54) is 27.5 Å². The molecule has 1 heterocycles. The van der Waals surface area contributed by atoms with E-state index in [0.29, 0.717) is 0 Å². The van der Waals surface area contributed by atoms with Crippen LogP contribution in [0.2, 0.25) is 0 Å². The van der Waals surface area contributed by atoms with Crippen molar-refractivity contribution in [3.05, 3.63) is 82.8 Å². The van der Waals surface area contributed by atoms with Crippen LogP contribution in [0.5, 0.6) is 0 Å². The maximum Gasteiger partial charge on any atom is 0.0691 e. The zero-order valence-corrected chi connectivity index (χ0v) is 21.1. The number of benzene rings is 2. The lowest BCUT2D eigenvalue weighted by molar-refractivity contribution is 0.0540. The Balaban J connectivity index is 1.94. The maximum atomic E-state index is 6.77. The van der Waals surface area contributed by atoms with E-state index >= 15 is 0 Å². The third kappa shape index (κ3) is 4.79. The molecule has 2 aromatic carbocycles. The first-order valence-electron chi connectivity index (χ1n) is 11.9. The third-order valence-electron chi connectivity index (χ3n) is 6.51. The van der Waals surface area contributed by atoms with Crippen molar-refractivity contribution >= 4 is 29.4 Å². The molecule has 1 saturated heterocycles. The molecule has 0 bridgehead atoms. The van der Waals surface area contributed by atoms with Gasteiger partial charge in [0.2, 0.25) is 0 Å². The highest BCUT2D eigenvalue weighted by molar-refractivity contribution is 8.19. The van der Waals surface area contributed by atoms with Crippen molar-refractivity contribution in [3.8, 4) is 0 Å². The molecule has 2 aromatic rings. The van der Waals surface area contributed by atoms with Gasteiger partial charge >= 0.3 is 0 Å². The van der Waals surface area contributed by atoms with Crippen LogP contribution in [0.1, 0.15) is 38.7 Å². The zero-order chi connectivity index (χ0) is 22.4. The molecule has 0 radical (unpaired) electrons. The van der Waals surface area contributed by atoms with Crippen molar-refractivity contribution in [1.29, 1.82) is 0 Å². The first-order chi connectivity index (χ1) is 15.7. The van der Waals surface area contributed by atoms with Crippen LogP contribution in [0.15, 0.2) is 77.2 Å². The van der Waals surface area contributed by atoms with Gasteiger partial charge in [0.05, 0.1) is 19.4 Å². The van der Waals surface area contributed by atoms with E-state index in [-0.39, 0.29) is 0 Å². The molecule has 3 nitrogen and oxygen atoms in total. The molecule has 2 aliphatic rings. The molecule has 1 aliphatic carbocycles. The number of allylic oxidation sites excluding steroid dienone is 2. The van der Waals surface area contributed by atoms with Gasteiger partial charge in [-0.15, -0.1) is 0 Å². The van der Waals surface area contributed by atoms with Crippen molar-refractivity contribution in [2.75, 3.05) is 39.4 Å². The second-order valence-corrected chi connectivity index (χ2v) is 12.7. The van der Waals surface area contributed by atoms with Gasteiger partial charge < -0.3 is 9.64 Å². The second-order valence-electron chi connectivity index (χ2n) is 8.38. The SMILES string of the molecule is CCN(CC)P(=S)(C1=C(N2CCOCC2)/C(=C/c2ccccc2)CCC1)c1ccccc1. The number of rotatable bonds is 7. The highest BCUT2D eigenvalue weighted by atomic mass is 32.4. The fourth-order valence-electron chi connectivity index (χ4n) is 4.97. The monoisotopic (exact) mass is 466 g/mol. The summed E-state index contributed by atoms with van der Waals surface area (Å²) in [5.41, 5.74) is 4.13. The van der Waals surface area contributed by atoms with Gasteiger partial charge in [-0.25, -0.2) is 0 Å². The third-order valence-corrected chi connectivity index (χ3v) is 12.0. The highest BCUT2D eigenvalue weighted by Crippen LogP contribution is 2.61. The molecule has 0 spiro atoms. The smallest absolute Gasteiger partial charge is 0.0691 e. The van der Waals surface area contributed by atoms with Crippen LogP contribution in [-0.2, 0) is 16.5 Å². The Hall–Kier alpha value is -1.71. The predicted molar refractivity (Wildman–Crippen MR) is 141 cm³/mol. The highest BCUT2D eigenvalue weighted by Gasteiger charge is 2.36. The normalized spacial score (nSPS) is 20.6. The molecule has 0 amide bonds. The Morgan fingerprint density at radius 1 is 0.938 bits per heavy atom. The lowest BCUT2D eigenvalue weighted by atomic mass is 9.94. The largest absolute Gasteiger partial charge is 0.378 e. The van der Waals surface area contributed by atoms with Crippen LogP contribution in [0.3, 0.4) is 0 Å². The Morgan fingerprint density at radius 2 is 1.56 bits per heavy atom. The van der Waals surface area contributed by atoms with Crippen molar-refractivity contribution in [1.82, 2.24) is 9.57 Å². The predicted octanol–water partition coefficient (Wildman–Crippen LogP) is 5.86. The van der Waals surface area contributed by atoms with Gasteiger partial charge in [-0.05, 0) is 36.5 Å². The van der Waals surface area contributed by atoms with Crippen LogP contribution < -0.4 is 5.30 Å². The van der Waals surface area contributed by atoms with E-state index in [4.69, 9.17) is 16.5 Å². The van der Waals surface area contributed by atoms with Gasteiger partial charge in [0.25, 0.3) is 0 Å². The van der Waals surface area contributed by atoms with Crippen LogP contribution in [0.4, 0.5) is 0 Å². The Bertz CT molecular complexity index is 993. The first-order valence-corrected chi connectivity index (χ1v) is 14.7. The molecule has 1 atom stereocenters. The molecule has 1 fully saturated rings. The van der Waals surface area contributed by atoms with E-state index in [1.807, 2.05) is 0 Å².